The topological polar surface area (TPSA) is 127 Å². The van der Waals surface area contributed by atoms with E-state index in [4.69, 9.17) is 9.57 Å². The minimum absolute atomic E-state index is 0.0832. The molecule has 2 aromatic carbocycles. The van der Waals surface area contributed by atoms with E-state index in [1.165, 1.54) is 32.6 Å². The summed E-state index contributed by atoms with van der Waals surface area (Å²) in [4.78, 5) is 32.0. The molecule has 0 unspecified atom stereocenters. The van der Waals surface area contributed by atoms with Gasteiger partial charge in [-0.3, -0.25) is 4.72 Å². The van der Waals surface area contributed by atoms with Crippen LogP contribution in [0.25, 0.3) is 22.0 Å². The third kappa shape index (κ3) is 6.40. The van der Waals surface area contributed by atoms with Crippen LogP contribution in [-0.2, 0) is 19.7 Å². The van der Waals surface area contributed by atoms with Gasteiger partial charge in [-0.2, -0.15) is 0 Å². The highest BCUT2D eigenvalue weighted by Crippen LogP contribution is 2.34. The molecule has 0 aliphatic carbocycles. The number of sulfonamides is 1. The van der Waals surface area contributed by atoms with Gasteiger partial charge in [-0.1, -0.05) is 6.07 Å². The molecule has 0 radical (unpaired) electrons. The number of hydrogen-bond acceptors (Lipinski definition) is 10. The van der Waals surface area contributed by atoms with Gasteiger partial charge in [0.05, 0.1) is 31.1 Å². The van der Waals surface area contributed by atoms with Gasteiger partial charge in [0.2, 0.25) is 5.88 Å². The van der Waals surface area contributed by atoms with Crippen LogP contribution in [0.5, 0.6) is 5.88 Å². The average molecular weight is 627 g/mol. The molecule has 0 saturated carbocycles. The van der Waals surface area contributed by atoms with Gasteiger partial charge in [0, 0.05) is 30.2 Å². The van der Waals surface area contributed by atoms with Crippen molar-refractivity contribution in [1.29, 1.82) is 0 Å². The maximum Gasteiger partial charge on any atom is 0.330 e. The lowest BCUT2D eigenvalue weighted by atomic mass is 9.98. The Kier molecular flexibility index (Phi) is 8.40. The number of rotatable bonds is 7. The van der Waals surface area contributed by atoms with Crippen molar-refractivity contribution >= 4 is 38.4 Å². The third-order valence-electron chi connectivity index (χ3n) is 7.01. The normalized spacial score (nSPS) is 14.5. The number of halogens is 2. The number of aryl methyl sites for hydroxylation is 1. The maximum atomic E-state index is 14.6. The Morgan fingerprint density at radius 1 is 0.955 bits per heavy atom. The maximum absolute atomic E-state index is 14.6. The Labute approximate surface area is 253 Å². The van der Waals surface area contributed by atoms with E-state index in [0.29, 0.717) is 48.6 Å². The minimum Gasteiger partial charge on any atom is -0.480 e. The van der Waals surface area contributed by atoms with Crippen molar-refractivity contribution in [3.8, 4) is 17.0 Å². The quantitative estimate of drug-likeness (QED) is 0.308. The van der Waals surface area contributed by atoms with E-state index in [2.05, 4.69) is 24.6 Å². The zero-order valence-corrected chi connectivity index (χ0v) is 25.7. The van der Waals surface area contributed by atoms with Crippen LogP contribution in [0.1, 0.15) is 26.3 Å². The molecule has 0 atom stereocenters. The number of hydroxylamine groups is 2. The third-order valence-corrected chi connectivity index (χ3v) is 8.43. The van der Waals surface area contributed by atoms with Crippen molar-refractivity contribution in [3.05, 3.63) is 66.1 Å². The lowest BCUT2D eigenvalue weighted by molar-refractivity contribution is -0.201. The number of carbonyl (C=O) groups is 1. The fraction of sp³-hybridized carbons (Fsp3) is 0.333. The lowest BCUT2D eigenvalue weighted by Crippen LogP contribution is -2.48. The predicted octanol–water partition coefficient (Wildman–Crippen LogP) is 4.71. The molecule has 2 aromatic heterocycles. The van der Waals surface area contributed by atoms with Crippen LogP contribution in [0.15, 0.2) is 53.8 Å². The minimum atomic E-state index is -4.68. The summed E-state index contributed by atoms with van der Waals surface area (Å²) in [6.07, 6.45) is 2.98. The first-order chi connectivity index (χ1) is 20.8. The number of anilines is 2. The molecule has 3 heterocycles. The second-order valence-corrected chi connectivity index (χ2v) is 13.0. The molecule has 1 aliphatic heterocycles. The van der Waals surface area contributed by atoms with Gasteiger partial charge in [-0.25, -0.2) is 36.9 Å². The van der Waals surface area contributed by atoms with Gasteiger partial charge >= 0.3 is 5.97 Å². The number of benzene rings is 2. The van der Waals surface area contributed by atoms with Gasteiger partial charge in [0.25, 0.3) is 10.0 Å². The lowest BCUT2D eigenvalue weighted by Gasteiger charge is -2.35. The second-order valence-electron chi connectivity index (χ2n) is 11.4. The van der Waals surface area contributed by atoms with Crippen LogP contribution in [-0.4, -0.2) is 67.7 Å². The Balaban J connectivity index is 1.44. The number of methoxy groups -OCH3 is 1. The first-order valence-electron chi connectivity index (χ1n) is 13.8. The van der Waals surface area contributed by atoms with Crippen LogP contribution in [0, 0.1) is 24.0 Å². The molecule has 5 rings (SSSR count). The summed E-state index contributed by atoms with van der Waals surface area (Å²) < 4.78 is 62.7. The molecule has 1 aliphatic rings. The predicted molar refractivity (Wildman–Crippen MR) is 161 cm³/mol. The van der Waals surface area contributed by atoms with E-state index in [1.54, 1.807) is 31.9 Å². The molecule has 11 nitrogen and oxygen atoms in total. The summed E-state index contributed by atoms with van der Waals surface area (Å²) in [7, 11) is -3.38. The number of aromatic nitrogens is 3. The molecular weight excluding hydrogens is 594 g/mol. The van der Waals surface area contributed by atoms with Gasteiger partial charge in [-0.15, -0.1) is 5.06 Å². The number of ether oxygens (including phenoxy) is 1. The van der Waals surface area contributed by atoms with Crippen LogP contribution in [0.4, 0.5) is 20.3 Å². The number of nitrogens with zero attached hydrogens (tertiary/aromatic N) is 5. The number of hydrogen-bond donors (Lipinski definition) is 1. The molecule has 232 valence electrons. The van der Waals surface area contributed by atoms with E-state index >= 15 is 0 Å². The Hall–Kier alpha value is -4.43. The number of nitrogens with one attached hydrogen (secondary N) is 1. The van der Waals surface area contributed by atoms with E-state index in [1.807, 2.05) is 12.1 Å². The highest BCUT2D eigenvalue weighted by molar-refractivity contribution is 7.92. The number of carbonyl (C=O) groups excluding carboxylic acids is 1. The molecule has 4 aromatic rings. The molecule has 1 saturated heterocycles. The molecule has 44 heavy (non-hydrogen) atoms. The van der Waals surface area contributed by atoms with Crippen molar-refractivity contribution in [2.24, 2.45) is 5.41 Å². The van der Waals surface area contributed by atoms with E-state index < -0.39 is 32.0 Å². The standard InChI is InChI=1S/C30H32F2N6O5S/c1-18-12-22(31)26(23(32)13-18)44(40,41)36-25-15-20(16-33-28(25)42-5)19-6-7-24-21(14-19)27(35-17-34-24)37-8-10-38(11-9-37)43-29(39)30(2,3)4/h6-7,12-17,36H,8-11H2,1-5H3. The summed E-state index contributed by atoms with van der Waals surface area (Å²) in [5.74, 6) is -2.12. The zero-order valence-electron chi connectivity index (χ0n) is 24.9. The molecule has 1 fully saturated rings. The average Bonchev–Trinajstić information content (AvgIpc) is 2.95. The summed E-state index contributed by atoms with van der Waals surface area (Å²) in [5.41, 5.74) is 1.38. The van der Waals surface area contributed by atoms with Crippen LogP contribution < -0.4 is 14.4 Å². The second kappa shape index (κ2) is 11.9. The summed E-state index contributed by atoms with van der Waals surface area (Å²) in [6, 6.07) is 8.82. The highest BCUT2D eigenvalue weighted by atomic mass is 32.2. The summed E-state index contributed by atoms with van der Waals surface area (Å²) in [6.45, 7) is 8.94. The monoisotopic (exact) mass is 626 g/mol. The first-order valence-corrected chi connectivity index (χ1v) is 15.2. The van der Waals surface area contributed by atoms with Crippen molar-refractivity contribution in [1.82, 2.24) is 20.0 Å². The van der Waals surface area contributed by atoms with Crippen molar-refractivity contribution < 1.29 is 31.6 Å². The van der Waals surface area contributed by atoms with Gasteiger partial charge < -0.3 is 14.5 Å². The molecule has 0 bridgehead atoms. The molecular formula is C30H32F2N6O5S. The Morgan fingerprint density at radius 2 is 1.64 bits per heavy atom. The van der Waals surface area contributed by atoms with E-state index in [9.17, 15) is 22.0 Å². The number of fused-ring (bicyclic) bond motifs is 1. The number of pyridine rings is 1. The van der Waals surface area contributed by atoms with Crippen LogP contribution in [0.3, 0.4) is 0 Å². The zero-order chi connectivity index (χ0) is 31.8. The van der Waals surface area contributed by atoms with Gasteiger partial charge in [-0.05, 0) is 69.2 Å². The first kappa shape index (κ1) is 31.0. The van der Waals surface area contributed by atoms with Gasteiger partial charge in [0.15, 0.2) is 4.90 Å². The Bertz CT molecular complexity index is 1820. The summed E-state index contributed by atoms with van der Waals surface area (Å²) in [5, 5.41) is 2.39. The largest absolute Gasteiger partial charge is 0.480 e. The van der Waals surface area contributed by atoms with Crippen LogP contribution in [0.2, 0.25) is 0 Å². The van der Waals surface area contributed by atoms with Crippen LogP contribution >= 0.6 is 0 Å². The summed E-state index contributed by atoms with van der Waals surface area (Å²) >= 11 is 0. The van der Waals surface area contributed by atoms with Crippen molar-refractivity contribution in [3.63, 3.8) is 0 Å². The van der Waals surface area contributed by atoms with Crippen molar-refractivity contribution in [2.45, 2.75) is 32.6 Å². The van der Waals surface area contributed by atoms with E-state index in [-0.39, 0.29) is 23.1 Å². The molecule has 1 N–H and O–H groups in total. The smallest absolute Gasteiger partial charge is 0.330 e. The molecule has 0 amide bonds. The van der Waals surface area contributed by atoms with Crippen molar-refractivity contribution in [2.75, 3.05) is 42.9 Å². The molecule has 14 heteroatoms. The Morgan fingerprint density at radius 3 is 2.27 bits per heavy atom. The fourth-order valence-corrected chi connectivity index (χ4v) is 5.87. The highest BCUT2D eigenvalue weighted by Gasteiger charge is 2.29. The molecule has 0 spiro atoms. The van der Waals surface area contributed by atoms with E-state index in [0.717, 1.165) is 17.5 Å². The number of piperazine rings is 1. The SMILES string of the molecule is COc1ncc(-c2ccc3ncnc(N4CCN(OC(=O)C(C)(C)C)CC4)c3c2)cc1NS(=O)(=O)c1c(F)cc(C)cc1F. The van der Waals surface area contributed by atoms with Gasteiger partial charge in [0.1, 0.15) is 29.5 Å². The fourth-order valence-electron chi connectivity index (χ4n) is 4.70.